The van der Waals surface area contributed by atoms with Gasteiger partial charge in [-0.05, 0) is 30.5 Å². The summed E-state index contributed by atoms with van der Waals surface area (Å²) in [6.07, 6.45) is 0.788. The van der Waals surface area contributed by atoms with Gasteiger partial charge in [-0.15, -0.1) is 0 Å². The summed E-state index contributed by atoms with van der Waals surface area (Å²) >= 11 is 0. The Bertz CT molecular complexity index is 1000. The first-order valence-corrected chi connectivity index (χ1v) is 9.05. The van der Waals surface area contributed by atoms with Gasteiger partial charge in [0.1, 0.15) is 17.5 Å². The average Bonchev–Trinajstić information content (AvgIpc) is 2.94. The number of rotatable bonds is 5. The van der Waals surface area contributed by atoms with E-state index in [2.05, 4.69) is 19.2 Å². The highest BCUT2D eigenvalue weighted by Crippen LogP contribution is 2.38. The summed E-state index contributed by atoms with van der Waals surface area (Å²) in [7, 11) is 0. The zero-order valence-corrected chi connectivity index (χ0v) is 15.7. The first-order chi connectivity index (χ1) is 13.4. The molecule has 2 aromatic rings. The van der Waals surface area contributed by atoms with Crippen molar-refractivity contribution in [3.05, 3.63) is 65.5 Å². The molecule has 142 valence electrons. The minimum Gasteiger partial charge on any atom is -0.319 e. The summed E-state index contributed by atoms with van der Waals surface area (Å²) in [6, 6.07) is 14.6. The monoisotopic (exact) mass is 377 g/mol. The number of nitriles is 1. The molecule has 1 aliphatic heterocycles. The molecule has 1 N–H and O–H groups in total. The second-order valence-corrected chi connectivity index (χ2v) is 6.95. The van der Waals surface area contributed by atoms with Crippen LogP contribution in [0.3, 0.4) is 0 Å². The Balaban J connectivity index is 2.02. The lowest BCUT2D eigenvalue weighted by Gasteiger charge is -2.18. The van der Waals surface area contributed by atoms with Gasteiger partial charge >= 0.3 is 0 Å². The number of anilines is 2. The van der Waals surface area contributed by atoms with E-state index in [1.54, 1.807) is 29.2 Å². The summed E-state index contributed by atoms with van der Waals surface area (Å²) < 4.78 is 13.9. The van der Waals surface area contributed by atoms with Crippen LogP contribution in [0.15, 0.2) is 54.1 Å². The number of benzene rings is 2. The molecular weight excluding hydrogens is 357 g/mol. The van der Waals surface area contributed by atoms with Crippen LogP contribution >= 0.6 is 0 Å². The van der Waals surface area contributed by atoms with E-state index in [4.69, 9.17) is 0 Å². The van der Waals surface area contributed by atoms with Crippen molar-refractivity contribution in [1.82, 2.24) is 0 Å². The number of fused-ring (bicyclic) bond motifs is 1. The van der Waals surface area contributed by atoms with Gasteiger partial charge in [0.2, 0.25) is 0 Å². The molecule has 0 spiro atoms. The van der Waals surface area contributed by atoms with Crippen LogP contribution in [0, 0.1) is 23.1 Å². The Morgan fingerprint density at radius 3 is 2.54 bits per heavy atom. The molecule has 0 saturated heterocycles. The fraction of sp³-hybridized carbons (Fsp3) is 0.227. The van der Waals surface area contributed by atoms with Gasteiger partial charge in [0.25, 0.3) is 11.8 Å². The summed E-state index contributed by atoms with van der Waals surface area (Å²) in [5.41, 5.74) is 0.894. The zero-order chi connectivity index (χ0) is 20.3. The van der Waals surface area contributed by atoms with Crippen LogP contribution in [0.25, 0.3) is 5.57 Å². The van der Waals surface area contributed by atoms with Gasteiger partial charge in [-0.3, -0.25) is 9.59 Å². The Hall–Kier alpha value is -3.46. The highest BCUT2D eigenvalue weighted by Gasteiger charge is 2.36. The predicted molar refractivity (Wildman–Crippen MR) is 106 cm³/mol. The minimum absolute atomic E-state index is 0.0451. The van der Waals surface area contributed by atoms with E-state index >= 15 is 0 Å². The molecule has 0 aliphatic carbocycles. The maximum atomic E-state index is 13.9. The van der Waals surface area contributed by atoms with E-state index in [1.165, 1.54) is 18.2 Å². The van der Waals surface area contributed by atoms with E-state index in [0.717, 1.165) is 6.42 Å². The number of amides is 2. The van der Waals surface area contributed by atoms with E-state index in [0.29, 0.717) is 23.7 Å². The van der Waals surface area contributed by atoms with Crippen LogP contribution in [-0.2, 0) is 9.59 Å². The molecule has 2 aromatic carbocycles. The van der Waals surface area contributed by atoms with E-state index in [9.17, 15) is 19.2 Å². The lowest BCUT2D eigenvalue weighted by atomic mass is 10.0. The number of para-hydroxylation sites is 2. The van der Waals surface area contributed by atoms with Crippen LogP contribution in [-0.4, -0.2) is 18.4 Å². The number of carbonyl (C=O) groups is 2. The molecule has 0 bridgehead atoms. The van der Waals surface area contributed by atoms with Crippen LogP contribution in [0.4, 0.5) is 15.8 Å². The highest BCUT2D eigenvalue weighted by molar-refractivity contribution is 6.37. The van der Waals surface area contributed by atoms with Gasteiger partial charge in [-0.1, -0.05) is 44.2 Å². The second kappa shape index (κ2) is 8.05. The molecule has 28 heavy (non-hydrogen) atoms. The highest BCUT2D eigenvalue weighted by atomic mass is 19.1. The first kappa shape index (κ1) is 19.3. The SMILES string of the molecule is CC(C)CCN1C(=O)C(=C(C#N)C(=O)Nc2ccccc2F)c2ccccc21. The Labute approximate surface area is 163 Å². The third-order valence-electron chi connectivity index (χ3n) is 4.56. The molecule has 1 heterocycles. The number of carbonyl (C=O) groups excluding carboxylic acids is 2. The molecule has 0 radical (unpaired) electrons. The molecule has 0 atom stereocenters. The average molecular weight is 377 g/mol. The summed E-state index contributed by atoms with van der Waals surface area (Å²) in [6.45, 7) is 4.61. The Morgan fingerprint density at radius 1 is 1.18 bits per heavy atom. The van der Waals surface area contributed by atoms with Crippen molar-refractivity contribution in [3.8, 4) is 6.07 Å². The van der Waals surface area contributed by atoms with E-state index in [-0.39, 0.29) is 22.7 Å². The van der Waals surface area contributed by atoms with Crippen molar-refractivity contribution in [2.45, 2.75) is 20.3 Å². The van der Waals surface area contributed by atoms with Gasteiger partial charge < -0.3 is 10.2 Å². The fourth-order valence-corrected chi connectivity index (χ4v) is 3.10. The molecule has 5 nitrogen and oxygen atoms in total. The van der Waals surface area contributed by atoms with Crippen molar-refractivity contribution >= 4 is 28.8 Å². The van der Waals surface area contributed by atoms with Gasteiger partial charge in [0, 0.05) is 12.1 Å². The number of hydrogen-bond donors (Lipinski definition) is 1. The smallest absolute Gasteiger partial charge is 0.267 e. The van der Waals surface area contributed by atoms with Crippen LogP contribution in [0.1, 0.15) is 25.8 Å². The van der Waals surface area contributed by atoms with Crippen molar-refractivity contribution in [3.63, 3.8) is 0 Å². The maximum absolute atomic E-state index is 13.9. The van der Waals surface area contributed by atoms with Gasteiger partial charge in [-0.2, -0.15) is 5.26 Å². The summed E-state index contributed by atoms with van der Waals surface area (Å²) in [5, 5.41) is 12.0. The van der Waals surface area contributed by atoms with Crippen LogP contribution < -0.4 is 10.2 Å². The van der Waals surface area contributed by atoms with Crippen molar-refractivity contribution in [2.75, 3.05) is 16.8 Å². The molecule has 0 unspecified atom stereocenters. The molecule has 3 rings (SSSR count). The van der Waals surface area contributed by atoms with E-state index < -0.39 is 11.7 Å². The summed E-state index contributed by atoms with van der Waals surface area (Å²) in [5.74, 6) is -1.42. The third-order valence-corrected chi connectivity index (χ3v) is 4.56. The number of hydrogen-bond acceptors (Lipinski definition) is 3. The third kappa shape index (κ3) is 3.65. The fourth-order valence-electron chi connectivity index (χ4n) is 3.10. The topological polar surface area (TPSA) is 73.2 Å². The maximum Gasteiger partial charge on any atom is 0.267 e. The number of nitrogens with one attached hydrogen (secondary N) is 1. The second-order valence-electron chi connectivity index (χ2n) is 6.95. The Kier molecular flexibility index (Phi) is 5.55. The number of halogens is 1. The summed E-state index contributed by atoms with van der Waals surface area (Å²) in [4.78, 5) is 27.3. The van der Waals surface area contributed by atoms with Crippen molar-refractivity contribution < 1.29 is 14.0 Å². The van der Waals surface area contributed by atoms with Gasteiger partial charge in [0.15, 0.2) is 0 Å². The van der Waals surface area contributed by atoms with E-state index in [1.807, 2.05) is 12.1 Å². The molecule has 2 amide bonds. The quantitative estimate of drug-likeness (QED) is 0.629. The molecule has 0 saturated carbocycles. The zero-order valence-electron chi connectivity index (χ0n) is 15.7. The van der Waals surface area contributed by atoms with Crippen LogP contribution in [0.2, 0.25) is 0 Å². The van der Waals surface area contributed by atoms with Gasteiger partial charge in [0.05, 0.1) is 16.9 Å². The molecule has 0 fully saturated rings. The Morgan fingerprint density at radius 2 is 1.86 bits per heavy atom. The number of nitrogens with zero attached hydrogens (tertiary/aromatic N) is 2. The van der Waals surface area contributed by atoms with Crippen molar-refractivity contribution in [2.24, 2.45) is 5.92 Å². The standard InChI is InChI=1S/C22H20FN3O2/c1-14(2)11-12-26-19-10-6-3-7-15(19)20(22(26)28)16(13-24)21(27)25-18-9-5-4-8-17(18)23/h3-10,14H,11-12H2,1-2H3,(H,25,27). The lowest BCUT2D eigenvalue weighted by Crippen LogP contribution is -2.29. The van der Waals surface area contributed by atoms with Gasteiger partial charge in [-0.25, -0.2) is 4.39 Å². The predicted octanol–water partition coefficient (Wildman–Crippen LogP) is 4.13. The molecule has 6 heteroatoms. The molecule has 1 aliphatic rings. The first-order valence-electron chi connectivity index (χ1n) is 9.05. The molecule has 0 aromatic heterocycles. The lowest BCUT2D eigenvalue weighted by molar-refractivity contribution is -0.114. The minimum atomic E-state index is -0.809. The largest absolute Gasteiger partial charge is 0.319 e. The van der Waals surface area contributed by atoms with Crippen LogP contribution in [0.5, 0.6) is 0 Å². The normalized spacial score (nSPS) is 14.7. The van der Waals surface area contributed by atoms with Crippen molar-refractivity contribution in [1.29, 1.82) is 5.26 Å². The molecular formula is C22H20FN3O2.